The van der Waals surface area contributed by atoms with Gasteiger partial charge in [0, 0.05) is 12.8 Å². The molecular formula is C71H140O5. The molecule has 5 heteroatoms. The molecule has 76 heavy (non-hydrogen) atoms. The predicted octanol–water partition coefficient (Wildman–Crippen LogP) is 24.4. The summed E-state index contributed by atoms with van der Waals surface area (Å²) in [7, 11) is 0. The van der Waals surface area contributed by atoms with Crippen molar-refractivity contribution >= 4 is 11.9 Å². The normalized spacial score (nSPS) is 12.0. The van der Waals surface area contributed by atoms with Crippen LogP contribution in [0.5, 0.6) is 0 Å². The number of aliphatic hydroxyl groups excluding tert-OH is 1. The topological polar surface area (TPSA) is 72.8 Å². The second-order valence-corrected chi connectivity index (χ2v) is 24.7. The number of esters is 2. The molecule has 0 bridgehead atoms. The van der Waals surface area contributed by atoms with Crippen molar-refractivity contribution in [2.45, 2.75) is 431 Å². The standard InChI is InChI=1S/C71H140O5/c1-3-5-7-9-11-13-15-17-19-21-23-25-27-29-31-32-33-34-35-36-37-38-40-42-44-46-48-50-52-54-56-58-60-62-64-66-71(74)76-69(67-72)68-75-70(73)65-63-61-59-57-55-53-51-49-47-45-43-41-39-30-28-26-24-22-20-18-16-14-12-10-8-6-4-2/h69,72H,3-68H2,1-2H3. The van der Waals surface area contributed by atoms with Crippen molar-refractivity contribution in [1.82, 2.24) is 0 Å². The van der Waals surface area contributed by atoms with Gasteiger partial charge in [-0.3, -0.25) is 9.59 Å². The third-order valence-corrected chi connectivity index (χ3v) is 16.9. The zero-order valence-corrected chi connectivity index (χ0v) is 52.3. The van der Waals surface area contributed by atoms with E-state index in [4.69, 9.17) is 9.47 Å². The van der Waals surface area contributed by atoms with Gasteiger partial charge in [0.1, 0.15) is 6.61 Å². The average molecular weight is 1070 g/mol. The molecule has 1 N–H and O–H groups in total. The second-order valence-electron chi connectivity index (χ2n) is 24.7. The number of hydrogen-bond donors (Lipinski definition) is 1. The summed E-state index contributed by atoms with van der Waals surface area (Å²) in [5.74, 6) is -0.558. The number of carbonyl (C=O) groups excluding carboxylic acids is 2. The molecule has 0 spiro atoms. The zero-order chi connectivity index (χ0) is 54.8. The monoisotopic (exact) mass is 1070 g/mol. The number of aliphatic hydroxyl groups is 1. The first-order chi connectivity index (χ1) is 37.6. The maximum atomic E-state index is 12.4. The van der Waals surface area contributed by atoms with Crippen molar-refractivity contribution in [2.75, 3.05) is 13.2 Å². The van der Waals surface area contributed by atoms with Crippen LogP contribution in [0.2, 0.25) is 0 Å². The number of hydrogen-bond acceptors (Lipinski definition) is 5. The number of ether oxygens (including phenoxy) is 2. The van der Waals surface area contributed by atoms with Gasteiger partial charge in [-0.2, -0.15) is 0 Å². The molecule has 0 amide bonds. The molecule has 0 aromatic rings. The van der Waals surface area contributed by atoms with Gasteiger partial charge in [0.2, 0.25) is 0 Å². The van der Waals surface area contributed by atoms with Gasteiger partial charge in [-0.15, -0.1) is 0 Å². The Bertz CT molecular complexity index is 1080. The molecule has 5 nitrogen and oxygen atoms in total. The van der Waals surface area contributed by atoms with Gasteiger partial charge in [0.25, 0.3) is 0 Å². The van der Waals surface area contributed by atoms with Crippen LogP contribution in [0, 0.1) is 0 Å². The molecule has 0 radical (unpaired) electrons. The van der Waals surface area contributed by atoms with Crippen molar-refractivity contribution in [3.8, 4) is 0 Å². The molecule has 0 aliphatic carbocycles. The van der Waals surface area contributed by atoms with E-state index in [9.17, 15) is 14.7 Å². The highest BCUT2D eigenvalue weighted by molar-refractivity contribution is 5.70. The Morgan fingerprint density at radius 2 is 0.408 bits per heavy atom. The minimum Gasteiger partial charge on any atom is -0.462 e. The van der Waals surface area contributed by atoms with Crippen molar-refractivity contribution in [3.05, 3.63) is 0 Å². The minimum atomic E-state index is -0.766. The SMILES string of the molecule is CCCCCCCCCCCCCCCCCCCCCCCCCCCCCCCCCCCCCC(=O)OC(CO)COC(=O)CCCCCCCCCCCCCCCCCCCCCCCCCCCCC. The number of unbranched alkanes of at least 4 members (excludes halogenated alkanes) is 60. The van der Waals surface area contributed by atoms with E-state index in [1.54, 1.807) is 0 Å². The fraction of sp³-hybridized carbons (Fsp3) is 0.972. The van der Waals surface area contributed by atoms with Crippen LogP contribution in [0.25, 0.3) is 0 Å². The Balaban J connectivity index is 3.34. The van der Waals surface area contributed by atoms with E-state index in [0.29, 0.717) is 12.8 Å². The smallest absolute Gasteiger partial charge is 0.306 e. The lowest BCUT2D eigenvalue weighted by Crippen LogP contribution is -2.28. The lowest BCUT2D eigenvalue weighted by Gasteiger charge is -2.15. The maximum absolute atomic E-state index is 12.4. The molecule has 0 heterocycles. The summed E-state index contributed by atoms with van der Waals surface area (Å²) in [6.07, 6.45) is 85.9. The Labute approximate surface area is 478 Å². The molecule has 0 aliphatic heterocycles. The summed E-state index contributed by atoms with van der Waals surface area (Å²) in [4.78, 5) is 24.6. The van der Waals surface area contributed by atoms with Crippen molar-refractivity contribution < 1.29 is 24.2 Å². The largest absolute Gasteiger partial charge is 0.462 e. The molecule has 454 valence electrons. The fourth-order valence-electron chi connectivity index (χ4n) is 11.6. The molecule has 0 saturated carbocycles. The molecule has 0 fully saturated rings. The minimum absolute atomic E-state index is 0.0553. The first-order valence-corrected chi connectivity index (χ1v) is 35.6. The molecule has 0 aliphatic rings. The maximum Gasteiger partial charge on any atom is 0.306 e. The van der Waals surface area contributed by atoms with Crippen LogP contribution in [0.1, 0.15) is 425 Å². The van der Waals surface area contributed by atoms with Crippen molar-refractivity contribution in [3.63, 3.8) is 0 Å². The van der Waals surface area contributed by atoms with Gasteiger partial charge in [0.15, 0.2) is 6.10 Å². The Morgan fingerprint density at radius 1 is 0.250 bits per heavy atom. The van der Waals surface area contributed by atoms with E-state index < -0.39 is 6.10 Å². The van der Waals surface area contributed by atoms with Crippen LogP contribution in [0.4, 0.5) is 0 Å². The van der Waals surface area contributed by atoms with Gasteiger partial charge >= 0.3 is 11.9 Å². The lowest BCUT2D eigenvalue weighted by molar-refractivity contribution is -0.161. The molecule has 1 unspecified atom stereocenters. The first-order valence-electron chi connectivity index (χ1n) is 35.6. The van der Waals surface area contributed by atoms with Gasteiger partial charge < -0.3 is 14.6 Å². The highest BCUT2D eigenvalue weighted by Gasteiger charge is 2.16. The van der Waals surface area contributed by atoms with E-state index in [0.717, 1.165) is 32.1 Å². The van der Waals surface area contributed by atoms with E-state index in [2.05, 4.69) is 13.8 Å². The molecule has 0 aromatic carbocycles. The van der Waals surface area contributed by atoms with Gasteiger partial charge in [-0.05, 0) is 12.8 Å². The van der Waals surface area contributed by atoms with Crippen LogP contribution in [-0.4, -0.2) is 36.4 Å². The summed E-state index contributed by atoms with van der Waals surface area (Å²) in [6.45, 7) is 4.23. The quantitative estimate of drug-likeness (QED) is 0.0485. The summed E-state index contributed by atoms with van der Waals surface area (Å²) in [6, 6.07) is 0. The van der Waals surface area contributed by atoms with E-state index in [1.807, 2.05) is 0 Å². The van der Waals surface area contributed by atoms with Crippen LogP contribution in [0.3, 0.4) is 0 Å². The Morgan fingerprint density at radius 3 is 0.579 bits per heavy atom. The van der Waals surface area contributed by atoms with E-state index in [-0.39, 0.29) is 25.2 Å². The van der Waals surface area contributed by atoms with E-state index in [1.165, 1.54) is 366 Å². The third kappa shape index (κ3) is 65.4. The van der Waals surface area contributed by atoms with Gasteiger partial charge in [-0.25, -0.2) is 0 Å². The van der Waals surface area contributed by atoms with Crippen LogP contribution in [0.15, 0.2) is 0 Å². The van der Waals surface area contributed by atoms with Crippen molar-refractivity contribution in [1.29, 1.82) is 0 Å². The van der Waals surface area contributed by atoms with Crippen molar-refractivity contribution in [2.24, 2.45) is 0 Å². The van der Waals surface area contributed by atoms with Gasteiger partial charge in [-0.1, -0.05) is 399 Å². The summed E-state index contributed by atoms with van der Waals surface area (Å²) in [5.41, 5.74) is 0. The molecule has 0 saturated heterocycles. The predicted molar refractivity (Wildman–Crippen MR) is 335 cm³/mol. The highest BCUT2D eigenvalue weighted by Crippen LogP contribution is 2.20. The zero-order valence-electron chi connectivity index (χ0n) is 52.3. The fourth-order valence-corrected chi connectivity index (χ4v) is 11.6. The highest BCUT2D eigenvalue weighted by atomic mass is 16.6. The van der Waals surface area contributed by atoms with Crippen LogP contribution >= 0.6 is 0 Å². The van der Waals surface area contributed by atoms with Crippen LogP contribution in [-0.2, 0) is 19.1 Å². The molecule has 0 aromatic heterocycles. The van der Waals surface area contributed by atoms with Gasteiger partial charge in [0.05, 0.1) is 6.61 Å². The molecular weight excluding hydrogens is 933 g/mol. The number of rotatable bonds is 68. The number of carbonyl (C=O) groups is 2. The second kappa shape index (κ2) is 68.2. The Hall–Kier alpha value is -1.10. The molecule has 1 atom stereocenters. The third-order valence-electron chi connectivity index (χ3n) is 16.9. The summed E-state index contributed by atoms with van der Waals surface area (Å²) < 4.78 is 10.8. The lowest BCUT2D eigenvalue weighted by atomic mass is 10.0. The summed E-state index contributed by atoms with van der Waals surface area (Å²) >= 11 is 0. The average Bonchev–Trinajstić information content (AvgIpc) is 3.42. The van der Waals surface area contributed by atoms with Crippen LogP contribution < -0.4 is 0 Å². The molecule has 0 rings (SSSR count). The Kier molecular flexibility index (Phi) is 67.2. The van der Waals surface area contributed by atoms with E-state index >= 15 is 0 Å². The first kappa shape index (κ1) is 74.9. The summed E-state index contributed by atoms with van der Waals surface area (Å²) in [5, 5.41) is 9.70.